The topological polar surface area (TPSA) is 64.8 Å². The normalized spacial score (nSPS) is 34.1. The Labute approximate surface area is 120 Å². The van der Waals surface area contributed by atoms with E-state index in [4.69, 9.17) is 15.2 Å². The molecule has 2 N–H and O–H groups in total. The van der Waals surface area contributed by atoms with Crippen molar-refractivity contribution in [3.8, 4) is 0 Å². The van der Waals surface area contributed by atoms with Gasteiger partial charge in [-0.05, 0) is 25.7 Å². The van der Waals surface area contributed by atoms with Crippen molar-refractivity contribution in [2.75, 3.05) is 26.3 Å². The van der Waals surface area contributed by atoms with Crippen LogP contribution in [0.1, 0.15) is 44.9 Å². The molecule has 5 heteroatoms. The van der Waals surface area contributed by atoms with Crippen molar-refractivity contribution in [1.82, 2.24) is 4.90 Å². The third kappa shape index (κ3) is 2.85. The van der Waals surface area contributed by atoms with Crippen molar-refractivity contribution in [2.24, 2.45) is 5.73 Å². The van der Waals surface area contributed by atoms with Crippen molar-refractivity contribution >= 4 is 5.91 Å². The number of morpholine rings is 1. The highest BCUT2D eigenvalue weighted by Gasteiger charge is 2.41. The number of carbonyl (C=O) groups excluding carboxylic acids is 1. The van der Waals surface area contributed by atoms with Gasteiger partial charge in [0.25, 0.3) is 0 Å². The van der Waals surface area contributed by atoms with Crippen LogP contribution in [-0.4, -0.2) is 54.9 Å². The first-order chi connectivity index (χ1) is 9.69. The van der Waals surface area contributed by atoms with Crippen molar-refractivity contribution in [2.45, 2.75) is 62.7 Å². The average Bonchev–Trinajstić information content (AvgIpc) is 3.02. The lowest BCUT2D eigenvalue weighted by molar-refractivity contribution is -0.151. The smallest absolute Gasteiger partial charge is 0.242 e. The SMILES string of the molecule is NC1(C(=O)N2CCO[C@H]([C@@H]3CCCO3)C2)CCCCC1. The van der Waals surface area contributed by atoms with Gasteiger partial charge in [0.05, 0.1) is 18.2 Å². The summed E-state index contributed by atoms with van der Waals surface area (Å²) in [4.78, 5) is 14.7. The van der Waals surface area contributed by atoms with Crippen LogP contribution in [0.25, 0.3) is 0 Å². The van der Waals surface area contributed by atoms with Crippen LogP contribution in [-0.2, 0) is 14.3 Å². The van der Waals surface area contributed by atoms with Gasteiger partial charge in [-0.2, -0.15) is 0 Å². The molecule has 0 unspecified atom stereocenters. The highest BCUT2D eigenvalue weighted by Crippen LogP contribution is 2.29. The maximum Gasteiger partial charge on any atom is 0.242 e. The van der Waals surface area contributed by atoms with E-state index < -0.39 is 5.54 Å². The lowest BCUT2D eigenvalue weighted by Crippen LogP contribution is -2.60. The van der Waals surface area contributed by atoms with E-state index in [2.05, 4.69) is 0 Å². The molecule has 2 atom stereocenters. The molecule has 20 heavy (non-hydrogen) atoms. The molecule has 2 aliphatic heterocycles. The van der Waals surface area contributed by atoms with Crippen LogP contribution in [0.5, 0.6) is 0 Å². The first-order valence-electron chi connectivity index (χ1n) is 8.00. The van der Waals surface area contributed by atoms with Gasteiger partial charge < -0.3 is 20.1 Å². The molecule has 0 aromatic carbocycles. The molecule has 0 spiro atoms. The van der Waals surface area contributed by atoms with Gasteiger partial charge in [0.15, 0.2) is 0 Å². The van der Waals surface area contributed by atoms with Gasteiger partial charge in [-0.3, -0.25) is 4.79 Å². The van der Waals surface area contributed by atoms with Crippen LogP contribution < -0.4 is 5.73 Å². The molecule has 2 heterocycles. The molecule has 1 saturated carbocycles. The predicted octanol–water partition coefficient (Wildman–Crippen LogP) is 1.05. The Morgan fingerprint density at radius 1 is 1.05 bits per heavy atom. The van der Waals surface area contributed by atoms with E-state index >= 15 is 0 Å². The third-order valence-electron chi connectivity index (χ3n) is 4.93. The quantitative estimate of drug-likeness (QED) is 0.822. The van der Waals surface area contributed by atoms with E-state index in [9.17, 15) is 4.79 Å². The zero-order valence-electron chi connectivity index (χ0n) is 12.2. The number of rotatable bonds is 2. The number of nitrogens with two attached hydrogens (primary N) is 1. The van der Waals surface area contributed by atoms with Crippen molar-refractivity contribution < 1.29 is 14.3 Å². The fourth-order valence-electron chi connectivity index (χ4n) is 3.69. The molecule has 1 amide bonds. The summed E-state index contributed by atoms with van der Waals surface area (Å²) in [6.07, 6.45) is 7.33. The van der Waals surface area contributed by atoms with Crippen molar-refractivity contribution in [3.05, 3.63) is 0 Å². The molecule has 1 aliphatic carbocycles. The number of hydrogen-bond acceptors (Lipinski definition) is 4. The van der Waals surface area contributed by atoms with Crippen LogP contribution >= 0.6 is 0 Å². The first-order valence-corrected chi connectivity index (χ1v) is 8.00. The van der Waals surface area contributed by atoms with Crippen LogP contribution in [0.2, 0.25) is 0 Å². The summed E-state index contributed by atoms with van der Waals surface area (Å²) >= 11 is 0. The van der Waals surface area contributed by atoms with Crippen LogP contribution in [0, 0.1) is 0 Å². The molecule has 5 nitrogen and oxygen atoms in total. The van der Waals surface area contributed by atoms with Crippen molar-refractivity contribution in [1.29, 1.82) is 0 Å². The van der Waals surface area contributed by atoms with Gasteiger partial charge in [0.1, 0.15) is 6.10 Å². The van der Waals surface area contributed by atoms with E-state index in [1.54, 1.807) is 0 Å². The second-order valence-corrected chi connectivity index (χ2v) is 6.43. The fourth-order valence-corrected chi connectivity index (χ4v) is 3.69. The molecular formula is C15H26N2O3. The predicted molar refractivity (Wildman–Crippen MR) is 75.3 cm³/mol. The largest absolute Gasteiger partial charge is 0.375 e. The van der Waals surface area contributed by atoms with Crippen LogP contribution in [0.3, 0.4) is 0 Å². The van der Waals surface area contributed by atoms with Gasteiger partial charge >= 0.3 is 0 Å². The molecule has 3 rings (SSSR count). The Kier molecular flexibility index (Phi) is 4.29. The fraction of sp³-hybridized carbons (Fsp3) is 0.933. The van der Waals surface area contributed by atoms with Crippen LogP contribution in [0.4, 0.5) is 0 Å². The number of carbonyl (C=O) groups is 1. The monoisotopic (exact) mass is 282 g/mol. The number of ether oxygens (including phenoxy) is 2. The van der Waals surface area contributed by atoms with Crippen LogP contribution in [0.15, 0.2) is 0 Å². The Bertz CT molecular complexity index is 349. The van der Waals surface area contributed by atoms with Gasteiger partial charge in [0.2, 0.25) is 5.91 Å². The highest BCUT2D eigenvalue weighted by atomic mass is 16.5. The Morgan fingerprint density at radius 3 is 2.50 bits per heavy atom. The first kappa shape index (κ1) is 14.3. The number of amides is 1. The number of hydrogen-bond donors (Lipinski definition) is 1. The summed E-state index contributed by atoms with van der Waals surface area (Å²) < 4.78 is 11.5. The molecule has 2 saturated heterocycles. The second kappa shape index (κ2) is 6.00. The summed E-state index contributed by atoms with van der Waals surface area (Å²) in [6.45, 7) is 2.73. The molecule has 3 aliphatic rings. The Balaban J connectivity index is 1.62. The molecule has 0 aromatic rings. The molecule has 0 aromatic heterocycles. The van der Waals surface area contributed by atoms with Gasteiger partial charge in [-0.25, -0.2) is 0 Å². The Morgan fingerprint density at radius 2 is 1.80 bits per heavy atom. The summed E-state index contributed by atoms with van der Waals surface area (Å²) in [5, 5.41) is 0. The van der Waals surface area contributed by atoms with Gasteiger partial charge in [-0.15, -0.1) is 0 Å². The van der Waals surface area contributed by atoms with Gasteiger partial charge in [-0.1, -0.05) is 19.3 Å². The zero-order chi connectivity index (χ0) is 14.0. The summed E-state index contributed by atoms with van der Waals surface area (Å²) in [7, 11) is 0. The standard InChI is InChI=1S/C15H26N2O3/c16-15(6-2-1-3-7-15)14(18)17-8-10-20-13(11-17)12-5-4-9-19-12/h12-13H,1-11,16H2/t12-,13-/m0/s1. The minimum absolute atomic E-state index is 0.0300. The van der Waals surface area contributed by atoms with E-state index in [0.717, 1.165) is 45.1 Å². The minimum atomic E-state index is -0.628. The number of nitrogens with zero attached hydrogens (tertiary/aromatic N) is 1. The average molecular weight is 282 g/mol. The maximum absolute atomic E-state index is 12.7. The minimum Gasteiger partial charge on any atom is -0.375 e. The van der Waals surface area contributed by atoms with E-state index in [1.807, 2.05) is 4.90 Å². The summed E-state index contributed by atoms with van der Waals surface area (Å²) in [5.74, 6) is 0.128. The molecule has 0 radical (unpaired) electrons. The molecular weight excluding hydrogens is 256 g/mol. The lowest BCUT2D eigenvalue weighted by Gasteiger charge is -2.41. The highest BCUT2D eigenvalue weighted by molar-refractivity contribution is 5.86. The molecule has 114 valence electrons. The van der Waals surface area contributed by atoms with E-state index in [-0.39, 0.29) is 18.1 Å². The summed E-state index contributed by atoms with van der Waals surface area (Å²) in [5.41, 5.74) is 5.74. The molecule has 0 bridgehead atoms. The van der Waals surface area contributed by atoms with Crippen molar-refractivity contribution in [3.63, 3.8) is 0 Å². The van der Waals surface area contributed by atoms with E-state index in [1.165, 1.54) is 6.42 Å². The zero-order valence-corrected chi connectivity index (χ0v) is 12.2. The van der Waals surface area contributed by atoms with Gasteiger partial charge in [0, 0.05) is 19.7 Å². The second-order valence-electron chi connectivity index (χ2n) is 6.43. The third-order valence-corrected chi connectivity index (χ3v) is 4.93. The lowest BCUT2D eigenvalue weighted by atomic mass is 9.81. The Hall–Kier alpha value is -0.650. The summed E-state index contributed by atoms with van der Waals surface area (Å²) in [6, 6.07) is 0. The van der Waals surface area contributed by atoms with E-state index in [0.29, 0.717) is 19.7 Å². The maximum atomic E-state index is 12.7. The molecule has 3 fully saturated rings.